The summed E-state index contributed by atoms with van der Waals surface area (Å²) in [4.78, 5) is 15.6. The largest absolute Gasteiger partial charge is 0.376 e. The summed E-state index contributed by atoms with van der Waals surface area (Å²) in [6, 6.07) is 3.75. The topological polar surface area (TPSA) is 51.2 Å². The summed E-state index contributed by atoms with van der Waals surface area (Å²) in [5, 5.41) is 2.84. The van der Waals surface area contributed by atoms with Crippen LogP contribution in [0.4, 0.5) is 0 Å². The first kappa shape index (κ1) is 15.7. The van der Waals surface area contributed by atoms with E-state index in [1.807, 2.05) is 12.1 Å². The van der Waals surface area contributed by atoms with Crippen molar-refractivity contribution in [3.63, 3.8) is 0 Å². The van der Waals surface area contributed by atoms with E-state index in [9.17, 15) is 4.79 Å². The predicted molar refractivity (Wildman–Crippen MR) is 83.7 cm³/mol. The van der Waals surface area contributed by atoms with Crippen LogP contribution in [0.2, 0.25) is 0 Å². The van der Waals surface area contributed by atoms with Crippen LogP contribution >= 0.6 is 0 Å². The number of nitrogens with one attached hydrogen (secondary N) is 1. The van der Waals surface area contributed by atoms with E-state index in [1.54, 1.807) is 18.5 Å². The molecule has 0 unspecified atom stereocenters. The highest BCUT2D eigenvalue weighted by Gasteiger charge is 2.11. The Morgan fingerprint density at radius 2 is 2.14 bits per heavy atom. The zero-order valence-electron chi connectivity index (χ0n) is 12.5. The van der Waals surface area contributed by atoms with Crippen LogP contribution in [0, 0.1) is 0 Å². The molecule has 1 heterocycles. The molecule has 4 heteroatoms. The summed E-state index contributed by atoms with van der Waals surface area (Å²) in [5.41, 5.74) is 0.919. The lowest BCUT2D eigenvalue weighted by Gasteiger charge is -2.15. The monoisotopic (exact) mass is 288 g/mol. The highest BCUT2D eigenvalue weighted by molar-refractivity contribution is 5.91. The number of ether oxygens (including phenoxy) is 1. The number of carbonyl (C=O) groups excluding carboxylic acids is 1. The number of carbonyl (C=O) groups is 1. The number of hydrogen-bond acceptors (Lipinski definition) is 3. The van der Waals surface area contributed by atoms with E-state index in [4.69, 9.17) is 4.74 Å². The lowest BCUT2D eigenvalue weighted by Crippen LogP contribution is -2.27. The van der Waals surface area contributed by atoms with Gasteiger partial charge in [-0.05, 0) is 30.5 Å². The fraction of sp³-hybridized carbons (Fsp3) is 0.529. The minimum absolute atomic E-state index is 0.0941. The Morgan fingerprint density at radius 3 is 2.86 bits per heavy atom. The van der Waals surface area contributed by atoms with Crippen LogP contribution in [-0.2, 0) is 9.53 Å². The van der Waals surface area contributed by atoms with Crippen molar-refractivity contribution in [2.45, 2.75) is 44.6 Å². The SMILES string of the molecule is O=C(/C=C/c1cccnc1)NCCOC1CCCCCC1. The average Bonchev–Trinajstić information content (AvgIpc) is 2.79. The summed E-state index contributed by atoms with van der Waals surface area (Å²) in [6.45, 7) is 1.16. The molecule has 1 N–H and O–H groups in total. The van der Waals surface area contributed by atoms with E-state index in [2.05, 4.69) is 10.3 Å². The lowest BCUT2D eigenvalue weighted by molar-refractivity contribution is -0.116. The minimum atomic E-state index is -0.0941. The van der Waals surface area contributed by atoms with E-state index in [0.29, 0.717) is 19.3 Å². The molecule has 114 valence electrons. The maximum Gasteiger partial charge on any atom is 0.244 e. The van der Waals surface area contributed by atoms with E-state index < -0.39 is 0 Å². The van der Waals surface area contributed by atoms with Gasteiger partial charge < -0.3 is 10.1 Å². The number of rotatable bonds is 6. The summed E-state index contributed by atoms with van der Waals surface area (Å²) >= 11 is 0. The van der Waals surface area contributed by atoms with Gasteiger partial charge >= 0.3 is 0 Å². The van der Waals surface area contributed by atoms with Crippen molar-refractivity contribution in [3.8, 4) is 0 Å². The standard InChI is InChI=1S/C17H24N2O2/c20-17(10-9-15-6-5-11-18-14-15)19-12-13-21-16-7-3-1-2-4-8-16/h5-6,9-11,14,16H,1-4,7-8,12-13H2,(H,19,20)/b10-9+. The van der Waals surface area contributed by atoms with Gasteiger partial charge in [0.15, 0.2) is 0 Å². The summed E-state index contributed by atoms with van der Waals surface area (Å²) in [7, 11) is 0. The Kier molecular flexibility index (Phi) is 6.95. The van der Waals surface area contributed by atoms with Gasteiger partial charge in [0.05, 0.1) is 12.7 Å². The first-order valence-corrected chi connectivity index (χ1v) is 7.82. The van der Waals surface area contributed by atoms with E-state index in [1.165, 1.54) is 31.8 Å². The molecule has 0 radical (unpaired) electrons. The molecule has 1 aliphatic rings. The summed E-state index contributed by atoms with van der Waals surface area (Å²) in [5.74, 6) is -0.0941. The summed E-state index contributed by atoms with van der Waals surface area (Å²) < 4.78 is 5.83. The van der Waals surface area contributed by atoms with Gasteiger partial charge in [0, 0.05) is 25.0 Å². The van der Waals surface area contributed by atoms with Gasteiger partial charge in [-0.3, -0.25) is 9.78 Å². The smallest absolute Gasteiger partial charge is 0.244 e. The lowest BCUT2D eigenvalue weighted by atomic mass is 10.1. The molecule has 1 aliphatic carbocycles. The molecule has 4 nitrogen and oxygen atoms in total. The number of aromatic nitrogens is 1. The highest BCUT2D eigenvalue weighted by atomic mass is 16.5. The molecular weight excluding hydrogens is 264 g/mol. The predicted octanol–water partition coefficient (Wildman–Crippen LogP) is 2.95. The van der Waals surface area contributed by atoms with Gasteiger partial charge in [0.1, 0.15) is 0 Å². The Hall–Kier alpha value is -1.68. The first-order chi connectivity index (χ1) is 10.3. The zero-order valence-corrected chi connectivity index (χ0v) is 12.5. The molecule has 1 saturated carbocycles. The van der Waals surface area contributed by atoms with Crippen LogP contribution in [0.5, 0.6) is 0 Å². The molecule has 0 bridgehead atoms. The molecule has 1 aromatic heterocycles. The number of pyridine rings is 1. The van der Waals surface area contributed by atoms with Gasteiger partial charge in [-0.25, -0.2) is 0 Å². The van der Waals surface area contributed by atoms with Crippen LogP contribution in [-0.4, -0.2) is 30.1 Å². The number of nitrogens with zero attached hydrogens (tertiary/aromatic N) is 1. The number of amides is 1. The van der Waals surface area contributed by atoms with Crippen LogP contribution < -0.4 is 5.32 Å². The Balaban J connectivity index is 1.59. The van der Waals surface area contributed by atoms with Crippen LogP contribution in [0.15, 0.2) is 30.6 Å². The zero-order chi connectivity index (χ0) is 14.8. The molecule has 0 atom stereocenters. The molecule has 1 amide bonds. The third kappa shape index (κ3) is 6.54. The fourth-order valence-corrected chi connectivity index (χ4v) is 2.51. The van der Waals surface area contributed by atoms with Crippen LogP contribution in [0.25, 0.3) is 6.08 Å². The van der Waals surface area contributed by atoms with E-state index in [-0.39, 0.29) is 5.91 Å². The molecule has 0 spiro atoms. The Labute approximate surface area is 126 Å². The van der Waals surface area contributed by atoms with Gasteiger partial charge in [-0.1, -0.05) is 31.7 Å². The molecule has 0 saturated heterocycles. The molecule has 0 aromatic carbocycles. The minimum Gasteiger partial charge on any atom is -0.376 e. The van der Waals surface area contributed by atoms with Gasteiger partial charge in [0.2, 0.25) is 5.91 Å². The van der Waals surface area contributed by atoms with E-state index in [0.717, 1.165) is 18.4 Å². The summed E-state index contributed by atoms with van der Waals surface area (Å²) in [6.07, 6.45) is 14.6. The van der Waals surface area contributed by atoms with Crippen molar-refractivity contribution in [1.29, 1.82) is 0 Å². The maximum absolute atomic E-state index is 11.6. The van der Waals surface area contributed by atoms with Crippen molar-refractivity contribution in [2.75, 3.05) is 13.2 Å². The molecule has 21 heavy (non-hydrogen) atoms. The quantitative estimate of drug-likeness (QED) is 0.497. The van der Waals surface area contributed by atoms with Crippen molar-refractivity contribution in [2.24, 2.45) is 0 Å². The van der Waals surface area contributed by atoms with Crippen LogP contribution in [0.1, 0.15) is 44.1 Å². The van der Waals surface area contributed by atoms with Crippen molar-refractivity contribution >= 4 is 12.0 Å². The average molecular weight is 288 g/mol. The normalized spacial score (nSPS) is 16.8. The first-order valence-electron chi connectivity index (χ1n) is 7.82. The Bertz CT molecular complexity index is 437. The van der Waals surface area contributed by atoms with Gasteiger partial charge in [0.25, 0.3) is 0 Å². The molecule has 2 rings (SSSR count). The fourth-order valence-electron chi connectivity index (χ4n) is 2.51. The second-order valence-electron chi connectivity index (χ2n) is 5.40. The molecular formula is C17H24N2O2. The van der Waals surface area contributed by atoms with Crippen molar-refractivity contribution in [3.05, 3.63) is 36.2 Å². The van der Waals surface area contributed by atoms with Crippen molar-refractivity contribution < 1.29 is 9.53 Å². The highest BCUT2D eigenvalue weighted by Crippen LogP contribution is 2.19. The molecule has 0 aliphatic heterocycles. The Morgan fingerprint density at radius 1 is 1.33 bits per heavy atom. The second kappa shape index (κ2) is 9.29. The van der Waals surface area contributed by atoms with Crippen molar-refractivity contribution in [1.82, 2.24) is 10.3 Å². The molecule has 1 fully saturated rings. The van der Waals surface area contributed by atoms with Crippen LogP contribution in [0.3, 0.4) is 0 Å². The number of hydrogen-bond donors (Lipinski definition) is 1. The van der Waals surface area contributed by atoms with Gasteiger partial charge in [-0.2, -0.15) is 0 Å². The van der Waals surface area contributed by atoms with Gasteiger partial charge in [-0.15, -0.1) is 0 Å². The third-order valence-corrected chi connectivity index (χ3v) is 3.67. The van der Waals surface area contributed by atoms with E-state index >= 15 is 0 Å². The molecule has 1 aromatic rings. The maximum atomic E-state index is 11.6. The third-order valence-electron chi connectivity index (χ3n) is 3.67. The second-order valence-corrected chi connectivity index (χ2v) is 5.40.